The van der Waals surface area contributed by atoms with Crippen molar-refractivity contribution in [2.75, 3.05) is 12.4 Å². The smallest absolute Gasteiger partial charge is 0.226 e. The number of carbonyl (C=O) groups is 1. The van der Waals surface area contributed by atoms with Crippen LogP contribution in [0, 0.1) is 6.92 Å². The topological polar surface area (TPSA) is 108 Å². The molecule has 1 aliphatic rings. The molecular formula is C22H23N7O3. The van der Waals surface area contributed by atoms with Crippen LogP contribution < -0.4 is 14.8 Å². The van der Waals surface area contributed by atoms with Crippen LogP contribution in [0.5, 0.6) is 11.5 Å². The molecule has 1 amide bonds. The molecule has 0 aliphatic carbocycles. The second-order valence-corrected chi connectivity index (χ2v) is 7.97. The van der Waals surface area contributed by atoms with Gasteiger partial charge in [0.15, 0.2) is 23.0 Å². The molecule has 4 heterocycles. The zero-order valence-electron chi connectivity index (χ0n) is 18.2. The SMILES string of the molecule is COc1ccc([C@H]2CC(=O)Nc3c2c(C)nn3-c2ccc3nncn3n2)cc1OC(C)C. The Kier molecular flexibility index (Phi) is 4.76. The summed E-state index contributed by atoms with van der Waals surface area (Å²) in [7, 11) is 1.61. The molecule has 3 aromatic heterocycles. The number of benzene rings is 1. The van der Waals surface area contributed by atoms with Crippen LogP contribution >= 0.6 is 0 Å². The van der Waals surface area contributed by atoms with Gasteiger partial charge < -0.3 is 14.8 Å². The van der Waals surface area contributed by atoms with E-state index in [0.717, 1.165) is 16.8 Å². The van der Waals surface area contributed by atoms with E-state index < -0.39 is 0 Å². The minimum atomic E-state index is -0.174. The lowest BCUT2D eigenvalue weighted by Crippen LogP contribution is -2.25. The molecule has 0 saturated carbocycles. The summed E-state index contributed by atoms with van der Waals surface area (Å²) in [6.45, 7) is 5.87. The number of nitrogens with zero attached hydrogens (tertiary/aromatic N) is 6. The van der Waals surface area contributed by atoms with Crippen molar-refractivity contribution < 1.29 is 14.3 Å². The summed E-state index contributed by atoms with van der Waals surface area (Å²) in [4.78, 5) is 12.7. The molecule has 164 valence electrons. The van der Waals surface area contributed by atoms with E-state index in [-0.39, 0.29) is 17.9 Å². The van der Waals surface area contributed by atoms with Crippen LogP contribution in [0.4, 0.5) is 5.82 Å². The Bertz CT molecular complexity index is 1320. The molecule has 0 radical (unpaired) electrons. The molecule has 4 aromatic rings. The quantitative estimate of drug-likeness (QED) is 0.515. The molecule has 1 aliphatic heterocycles. The maximum Gasteiger partial charge on any atom is 0.226 e. The number of amides is 1. The summed E-state index contributed by atoms with van der Waals surface area (Å²) in [6.07, 6.45) is 1.83. The normalized spacial score (nSPS) is 15.7. The van der Waals surface area contributed by atoms with Crippen LogP contribution in [0.15, 0.2) is 36.7 Å². The summed E-state index contributed by atoms with van der Waals surface area (Å²) in [6, 6.07) is 9.40. The predicted octanol–water partition coefficient (Wildman–Crippen LogP) is 2.89. The highest BCUT2D eigenvalue weighted by molar-refractivity contribution is 5.95. The van der Waals surface area contributed by atoms with Crippen molar-refractivity contribution in [3.63, 3.8) is 0 Å². The Morgan fingerprint density at radius 2 is 2.00 bits per heavy atom. The first-order valence-electron chi connectivity index (χ1n) is 10.4. The summed E-state index contributed by atoms with van der Waals surface area (Å²) in [5.41, 5.74) is 3.36. The van der Waals surface area contributed by atoms with Gasteiger partial charge in [0.1, 0.15) is 12.1 Å². The Morgan fingerprint density at radius 3 is 2.78 bits per heavy atom. The van der Waals surface area contributed by atoms with Gasteiger partial charge in [0.2, 0.25) is 5.91 Å². The molecule has 0 spiro atoms. The van der Waals surface area contributed by atoms with Gasteiger partial charge in [-0.25, -0.2) is 0 Å². The summed E-state index contributed by atoms with van der Waals surface area (Å²) in [5.74, 6) is 2.22. The van der Waals surface area contributed by atoms with Crippen molar-refractivity contribution in [3.05, 3.63) is 53.5 Å². The minimum Gasteiger partial charge on any atom is -0.493 e. The predicted molar refractivity (Wildman–Crippen MR) is 116 cm³/mol. The van der Waals surface area contributed by atoms with E-state index in [2.05, 4.69) is 20.6 Å². The number of hydrogen-bond acceptors (Lipinski definition) is 7. The van der Waals surface area contributed by atoms with Gasteiger partial charge in [-0.3, -0.25) is 4.79 Å². The summed E-state index contributed by atoms with van der Waals surface area (Å²) < 4.78 is 14.6. The zero-order valence-corrected chi connectivity index (χ0v) is 18.2. The molecular weight excluding hydrogens is 410 g/mol. The highest BCUT2D eigenvalue weighted by Crippen LogP contribution is 2.42. The number of rotatable bonds is 5. The van der Waals surface area contributed by atoms with Gasteiger partial charge in [-0.2, -0.15) is 14.3 Å². The third-order valence-corrected chi connectivity index (χ3v) is 5.42. The second kappa shape index (κ2) is 7.63. The molecule has 10 nitrogen and oxygen atoms in total. The summed E-state index contributed by atoms with van der Waals surface area (Å²) in [5, 5.41) is 20.1. The molecule has 0 unspecified atom stereocenters. The van der Waals surface area contributed by atoms with Gasteiger partial charge in [-0.1, -0.05) is 6.07 Å². The molecule has 0 saturated heterocycles. The van der Waals surface area contributed by atoms with Crippen molar-refractivity contribution in [2.45, 2.75) is 39.2 Å². The number of aromatic nitrogens is 6. The molecule has 10 heteroatoms. The van der Waals surface area contributed by atoms with Crippen molar-refractivity contribution in [1.82, 2.24) is 29.6 Å². The monoisotopic (exact) mass is 433 g/mol. The third-order valence-electron chi connectivity index (χ3n) is 5.42. The zero-order chi connectivity index (χ0) is 22.4. The molecule has 1 N–H and O–H groups in total. The maximum absolute atomic E-state index is 12.7. The van der Waals surface area contributed by atoms with E-state index in [9.17, 15) is 4.79 Å². The maximum atomic E-state index is 12.7. The van der Waals surface area contributed by atoms with Gasteiger partial charge >= 0.3 is 0 Å². The fourth-order valence-electron chi connectivity index (χ4n) is 4.09. The average Bonchev–Trinajstić information content (AvgIpc) is 3.36. The Hall–Kier alpha value is -3.95. The average molecular weight is 433 g/mol. The van der Waals surface area contributed by atoms with Gasteiger partial charge in [0, 0.05) is 17.9 Å². The third kappa shape index (κ3) is 3.33. The van der Waals surface area contributed by atoms with Gasteiger partial charge in [0.25, 0.3) is 0 Å². The number of methoxy groups -OCH3 is 1. The van der Waals surface area contributed by atoms with Gasteiger partial charge in [-0.15, -0.1) is 15.3 Å². The molecule has 5 rings (SSSR count). The molecule has 0 fully saturated rings. The fourth-order valence-corrected chi connectivity index (χ4v) is 4.09. The number of hydrogen-bond donors (Lipinski definition) is 1. The Balaban J connectivity index is 1.62. The summed E-state index contributed by atoms with van der Waals surface area (Å²) >= 11 is 0. The van der Waals surface area contributed by atoms with Crippen molar-refractivity contribution in [3.8, 4) is 17.3 Å². The van der Waals surface area contributed by atoms with Crippen LogP contribution in [0.3, 0.4) is 0 Å². The van der Waals surface area contributed by atoms with Crippen molar-refractivity contribution >= 4 is 17.4 Å². The first kappa shape index (κ1) is 20.0. The van der Waals surface area contributed by atoms with Crippen LogP contribution in [-0.2, 0) is 4.79 Å². The van der Waals surface area contributed by atoms with E-state index in [0.29, 0.717) is 35.2 Å². The number of fused-ring (bicyclic) bond motifs is 2. The molecule has 1 aromatic carbocycles. The Morgan fingerprint density at radius 1 is 1.16 bits per heavy atom. The fraction of sp³-hybridized carbons (Fsp3) is 0.318. The highest BCUT2D eigenvalue weighted by Gasteiger charge is 2.33. The lowest BCUT2D eigenvalue weighted by Gasteiger charge is -2.25. The largest absolute Gasteiger partial charge is 0.493 e. The van der Waals surface area contributed by atoms with Crippen LogP contribution in [0.2, 0.25) is 0 Å². The van der Waals surface area contributed by atoms with Crippen LogP contribution in [0.25, 0.3) is 11.5 Å². The number of ether oxygens (including phenoxy) is 2. The lowest BCUT2D eigenvalue weighted by atomic mass is 9.85. The number of aryl methyl sites for hydroxylation is 1. The van der Waals surface area contributed by atoms with E-state index >= 15 is 0 Å². The standard InChI is InChI=1S/C22H23N7O3/c1-12(2)32-17-9-14(5-6-16(17)31-4)15-10-20(30)24-22-21(15)13(3)26-29(22)19-8-7-18-25-23-11-28(18)27-19/h5-9,11-12,15H,10H2,1-4H3,(H,24,30)/t15-/m1/s1. The van der Waals surface area contributed by atoms with E-state index in [1.54, 1.807) is 28.4 Å². The van der Waals surface area contributed by atoms with E-state index in [1.807, 2.05) is 39.0 Å². The molecule has 0 bridgehead atoms. The lowest BCUT2D eigenvalue weighted by molar-refractivity contribution is -0.116. The first-order valence-corrected chi connectivity index (χ1v) is 10.4. The van der Waals surface area contributed by atoms with E-state index in [1.165, 1.54) is 6.33 Å². The van der Waals surface area contributed by atoms with Crippen LogP contribution in [-0.4, -0.2) is 48.7 Å². The van der Waals surface area contributed by atoms with Crippen molar-refractivity contribution in [2.24, 2.45) is 0 Å². The molecule has 32 heavy (non-hydrogen) atoms. The molecule has 1 atom stereocenters. The second-order valence-electron chi connectivity index (χ2n) is 7.97. The van der Waals surface area contributed by atoms with Crippen LogP contribution in [0.1, 0.15) is 43.0 Å². The van der Waals surface area contributed by atoms with E-state index in [4.69, 9.17) is 14.6 Å². The Labute approximate surface area is 184 Å². The van der Waals surface area contributed by atoms with Crippen molar-refractivity contribution in [1.29, 1.82) is 0 Å². The highest BCUT2D eigenvalue weighted by atomic mass is 16.5. The first-order chi connectivity index (χ1) is 15.4. The number of nitrogens with one attached hydrogen (secondary N) is 1. The van der Waals surface area contributed by atoms with Gasteiger partial charge in [0.05, 0.1) is 18.9 Å². The number of carbonyl (C=O) groups excluding carboxylic acids is 1. The minimum absolute atomic E-state index is 0.00694. The number of anilines is 1. The van der Waals surface area contributed by atoms with Gasteiger partial charge in [-0.05, 0) is 50.6 Å².